The van der Waals surface area contributed by atoms with Crippen molar-refractivity contribution in [3.8, 4) is 0 Å². The lowest BCUT2D eigenvalue weighted by Crippen LogP contribution is -2.41. The first-order chi connectivity index (χ1) is 13.6. The average molecular weight is 395 g/mol. The predicted molar refractivity (Wildman–Crippen MR) is 109 cm³/mol. The molecule has 0 aromatic heterocycles. The number of anilines is 1. The monoisotopic (exact) mass is 394 g/mol. The lowest BCUT2D eigenvalue weighted by Gasteiger charge is -2.23. The number of nitrogens with one attached hydrogen (secondary N) is 1. The van der Waals surface area contributed by atoms with Gasteiger partial charge in [0.1, 0.15) is 0 Å². The average Bonchev–Trinajstić information content (AvgIpc) is 3.39. The SMILES string of the molecule is CCNC(=NCC1CCN(c2ccc(F)c(F)c2)C1)N(C)CCOCC1CC1. The fourth-order valence-corrected chi connectivity index (χ4v) is 3.43. The van der Waals surface area contributed by atoms with E-state index in [4.69, 9.17) is 9.73 Å². The summed E-state index contributed by atoms with van der Waals surface area (Å²) in [5.74, 6) is 0.486. The molecule has 28 heavy (non-hydrogen) atoms. The molecule has 0 radical (unpaired) electrons. The first-order valence-electron chi connectivity index (χ1n) is 10.3. The zero-order valence-corrected chi connectivity index (χ0v) is 17.0. The van der Waals surface area contributed by atoms with E-state index in [1.807, 2.05) is 7.05 Å². The van der Waals surface area contributed by atoms with Crippen LogP contribution in [0.5, 0.6) is 0 Å². The van der Waals surface area contributed by atoms with Crippen LogP contribution in [-0.4, -0.2) is 63.8 Å². The molecule has 2 fully saturated rings. The minimum Gasteiger partial charge on any atom is -0.379 e. The fraction of sp³-hybridized carbons (Fsp3) is 0.667. The van der Waals surface area contributed by atoms with E-state index in [-0.39, 0.29) is 0 Å². The topological polar surface area (TPSA) is 40.1 Å². The van der Waals surface area contributed by atoms with E-state index >= 15 is 0 Å². The van der Waals surface area contributed by atoms with E-state index in [9.17, 15) is 8.78 Å². The third-order valence-electron chi connectivity index (χ3n) is 5.37. The van der Waals surface area contributed by atoms with Gasteiger partial charge in [-0.2, -0.15) is 0 Å². The lowest BCUT2D eigenvalue weighted by atomic mass is 10.1. The minimum absolute atomic E-state index is 0.404. The second-order valence-electron chi connectivity index (χ2n) is 7.83. The number of hydrogen-bond acceptors (Lipinski definition) is 3. The number of ether oxygens (including phenoxy) is 1. The number of guanidine groups is 1. The molecule has 3 rings (SSSR count). The Morgan fingerprint density at radius 1 is 1.25 bits per heavy atom. The summed E-state index contributed by atoms with van der Waals surface area (Å²) in [6.07, 6.45) is 3.61. The summed E-state index contributed by atoms with van der Waals surface area (Å²) in [4.78, 5) is 9.01. The normalized spacial score (nSPS) is 19.9. The van der Waals surface area contributed by atoms with Gasteiger partial charge in [0.15, 0.2) is 17.6 Å². The van der Waals surface area contributed by atoms with Crippen LogP contribution in [0.4, 0.5) is 14.5 Å². The number of likely N-dealkylation sites (N-methyl/N-ethyl adjacent to an activating group) is 1. The third-order valence-corrected chi connectivity index (χ3v) is 5.37. The summed E-state index contributed by atoms with van der Waals surface area (Å²) in [6, 6.07) is 4.11. The van der Waals surface area contributed by atoms with Gasteiger partial charge in [0, 0.05) is 58.1 Å². The minimum atomic E-state index is -0.802. The first-order valence-corrected chi connectivity index (χ1v) is 10.3. The quantitative estimate of drug-likeness (QED) is 0.397. The molecule has 1 atom stereocenters. The number of aliphatic imine (C=N–C) groups is 1. The van der Waals surface area contributed by atoms with Crippen LogP contribution in [0.15, 0.2) is 23.2 Å². The van der Waals surface area contributed by atoms with E-state index < -0.39 is 11.6 Å². The highest BCUT2D eigenvalue weighted by atomic mass is 19.2. The van der Waals surface area contributed by atoms with Gasteiger partial charge in [-0.1, -0.05) is 0 Å². The highest BCUT2D eigenvalue weighted by Gasteiger charge is 2.24. The van der Waals surface area contributed by atoms with Crippen molar-refractivity contribution in [3.63, 3.8) is 0 Å². The molecule has 2 aliphatic rings. The molecular formula is C21H32F2N4O. The fourth-order valence-electron chi connectivity index (χ4n) is 3.43. The number of hydrogen-bond donors (Lipinski definition) is 1. The molecule has 0 amide bonds. The Morgan fingerprint density at radius 3 is 2.79 bits per heavy atom. The molecule has 0 spiro atoms. The summed E-state index contributed by atoms with van der Waals surface area (Å²) >= 11 is 0. The maximum atomic E-state index is 13.5. The molecule has 1 aliphatic carbocycles. The smallest absolute Gasteiger partial charge is 0.193 e. The van der Waals surface area contributed by atoms with Gasteiger partial charge in [0.05, 0.1) is 6.61 Å². The summed E-state index contributed by atoms with van der Waals surface area (Å²) in [5.41, 5.74) is 0.738. The largest absolute Gasteiger partial charge is 0.379 e. The molecule has 1 saturated heterocycles. The van der Waals surface area contributed by atoms with E-state index in [0.29, 0.717) is 12.5 Å². The van der Waals surface area contributed by atoms with Crippen LogP contribution in [0.25, 0.3) is 0 Å². The Bertz CT molecular complexity index is 666. The highest BCUT2D eigenvalue weighted by molar-refractivity contribution is 5.79. The van der Waals surface area contributed by atoms with Crippen LogP contribution in [0.1, 0.15) is 26.2 Å². The molecule has 1 unspecified atom stereocenters. The van der Waals surface area contributed by atoms with E-state index in [1.165, 1.54) is 25.0 Å². The van der Waals surface area contributed by atoms with Gasteiger partial charge in [-0.3, -0.25) is 4.99 Å². The Balaban J connectivity index is 1.47. The van der Waals surface area contributed by atoms with E-state index in [2.05, 4.69) is 22.0 Å². The number of nitrogens with zero attached hydrogens (tertiary/aromatic N) is 3. The van der Waals surface area contributed by atoms with Crippen LogP contribution in [0.3, 0.4) is 0 Å². The van der Waals surface area contributed by atoms with Crippen molar-refractivity contribution < 1.29 is 13.5 Å². The molecule has 1 N–H and O–H groups in total. The van der Waals surface area contributed by atoms with Gasteiger partial charge < -0.3 is 19.9 Å². The van der Waals surface area contributed by atoms with Crippen LogP contribution in [-0.2, 0) is 4.74 Å². The van der Waals surface area contributed by atoms with Crippen LogP contribution >= 0.6 is 0 Å². The lowest BCUT2D eigenvalue weighted by molar-refractivity contribution is 0.115. The first kappa shape index (κ1) is 20.8. The van der Waals surface area contributed by atoms with Gasteiger partial charge in [0.25, 0.3) is 0 Å². The second-order valence-corrected chi connectivity index (χ2v) is 7.83. The predicted octanol–water partition coefficient (Wildman–Crippen LogP) is 3.12. The molecule has 5 nitrogen and oxygen atoms in total. The Labute approximate surface area is 166 Å². The Morgan fingerprint density at radius 2 is 2.07 bits per heavy atom. The van der Waals surface area contributed by atoms with Crippen LogP contribution in [0, 0.1) is 23.5 Å². The maximum Gasteiger partial charge on any atom is 0.193 e. The van der Waals surface area contributed by atoms with Crippen LogP contribution in [0.2, 0.25) is 0 Å². The standard InChI is InChI=1S/C21H32F2N4O/c1-3-24-21(26(2)10-11-28-15-16-4-5-16)25-13-17-8-9-27(14-17)18-6-7-19(22)20(23)12-18/h6-7,12,16-17H,3-5,8-11,13-15H2,1-2H3,(H,24,25). The molecule has 1 aliphatic heterocycles. The summed E-state index contributed by atoms with van der Waals surface area (Å²) in [6.45, 7) is 7.65. The van der Waals surface area contributed by atoms with E-state index in [1.54, 1.807) is 6.07 Å². The molecule has 1 aromatic carbocycles. The Kier molecular flexibility index (Phi) is 7.48. The zero-order valence-electron chi connectivity index (χ0n) is 17.0. The van der Waals surface area contributed by atoms with Gasteiger partial charge >= 0.3 is 0 Å². The molecule has 0 bridgehead atoms. The second kappa shape index (κ2) is 10.0. The summed E-state index contributed by atoms with van der Waals surface area (Å²) in [5, 5.41) is 3.34. The molecule has 1 saturated carbocycles. The third kappa shape index (κ3) is 6.06. The van der Waals surface area contributed by atoms with Gasteiger partial charge in [-0.15, -0.1) is 0 Å². The molecule has 1 heterocycles. The zero-order chi connectivity index (χ0) is 19.9. The van der Waals surface area contributed by atoms with E-state index in [0.717, 1.165) is 63.3 Å². The Hall–Kier alpha value is -1.89. The van der Waals surface area contributed by atoms with Crippen molar-refractivity contribution in [2.75, 3.05) is 57.9 Å². The van der Waals surface area contributed by atoms with Gasteiger partial charge in [-0.05, 0) is 50.2 Å². The molecule has 1 aromatic rings. The molecule has 7 heteroatoms. The van der Waals surface area contributed by atoms with Crippen LogP contribution < -0.4 is 10.2 Å². The van der Waals surface area contributed by atoms with Crippen molar-refractivity contribution in [2.24, 2.45) is 16.8 Å². The van der Waals surface area contributed by atoms with Crippen molar-refractivity contribution in [1.29, 1.82) is 0 Å². The van der Waals surface area contributed by atoms with Crippen molar-refractivity contribution in [1.82, 2.24) is 10.2 Å². The number of benzene rings is 1. The van der Waals surface area contributed by atoms with Gasteiger partial charge in [0.2, 0.25) is 0 Å². The van der Waals surface area contributed by atoms with Crippen molar-refractivity contribution in [2.45, 2.75) is 26.2 Å². The summed E-state index contributed by atoms with van der Waals surface area (Å²) in [7, 11) is 2.03. The van der Waals surface area contributed by atoms with Crippen molar-refractivity contribution >= 4 is 11.6 Å². The highest BCUT2D eigenvalue weighted by Crippen LogP contribution is 2.28. The van der Waals surface area contributed by atoms with Gasteiger partial charge in [-0.25, -0.2) is 8.78 Å². The number of halogens is 2. The summed E-state index contributed by atoms with van der Waals surface area (Å²) < 4.78 is 32.4. The maximum absolute atomic E-state index is 13.5. The molecule has 156 valence electrons. The number of rotatable bonds is 9. The molecular weight excluding hydrogens is 362 g/mol. The van der Waals surface area contributed by atoms with Crippen molar-refractivity contribution in [3.05, 3.63) is 29.8 Å².